The molecule has 0 atom stereocenters. The van der Waals surface area contributed by atoms with Crippen LogP contribution in [0.25, 0.3) is 10.7 Å². The standard InChI is InChI=1S/C19H21N5O4S/c1-4-28-16-14(26-2)9-12(10-15(16)27-3)11-21-18(25)22-19-24-23-17(29-19)13-7-5-6-8-20-13/h5-10H,4,11H2,1-3H3,(H2,21,22,24,25). The lowest BCUT2D eigenvalue weighted by Gasteiger charge is -2.15. The maximum atomic E-state index is 12.2. The zero-order valence-corrected chi connectivity index (χ0v) is 17.1. The molecule has 9 nitrogen and oxygen atoms in total. The van der Waals surface area contributed by atoms with Crippen molar-refractivity contribution in [2.75, 3.05) is 26.1 Å². The van der Waals surface area contributed by atoms with Gasteiger partial charge in [0.25, 0.3) is 0 Å². The van der Waals surface area contributed by atoms with Crippen LogP contribution in [0.15, 0.2) is 36.5 Å². The molecule has 3 aromatic rings. The van der Waals surface area contributed by atoms with E-state index in [9.17, 15) is 4.79 Å². The Bertz CT molecular complexity index is 939. The molecule has 2 heterocycles. The number of nitrogens with zero attached hydrogens (tertiary/aromatic N) is 3. The number of nitrogens with one attached hydrogen (secondary N) is 2. The van der Waals surface area contributed by atoms with Crippen LogP contribution in [0.4, 0.5) is 9.93 Å². The smallest absolute Gasteiger partial charge is 0.321 e. The molecule has 0 aliphatic rings. The van der Waals surface area contributed by atoms with Gasteiger partial charge in [0, 0.05) is 12.7 Å². The first-order valence-corrected chi connectivity index (χ1v) is 9.63. The van der Waals surface area contributed by atoms with E-state index in [-0.39, 0.29) is 6.54 Å². The van der Waals surface area contributed by atoms with Gasteiger partial charge in [-0.15, -0.1) is 10.2 Å². The van der Waals surface area contributed by atoms with Crippen molar-refractivity contribution < 1.29 is 19.0 Å². The molecule has 0 saturated carbocycles. The molecule has 0 aliphatic heterocycles. The molecule has 10 heteroatoms. The highest BCUT2D eigenvalue weighted by atomic mass is 32.1. The van der Waals surface area contributed by atoms with E-state index in [4.69, 9.17) is 14.2 Å². The molecule has 0 saturated heterocycles. The molecule has 0 aliphatic carbocycles. The first-order valence-electron chi connectivity index (χ1n) is 8.82. The highest BCUT2D eigenvalue weighted by molar-refractivity contribution is 7.18. The number of ether oxygens (including phenoxy) is 3. The third kappa shape index (κ3) is 5.11. The topological polar surface area (TPSA) is 107 Å². The van der Waals surface area contributed by atoms with Gasteiger partial charge in [0.2, 0.25) is 10.9 Å². The van der Waals surface area contributed by atoms with E-state index in [0.29, 0.717) is 39.7 Å². The van der Waals surface area contributed by atoms with Gasteiger partial charge in [-0.05, 0) is 36.8 Å². The van der Waals surface area contributed by atoms with Gasteiger partial charge in [0.1, 0.15) is 5.69 Å². The summed E-state index contributed by atoms with van der Waals surface area (Å²) in [6.45, 7) is 2.62. The van der Waals surface area contributed by atoms with Crippen molar-refractivity contribution in [1.29, 1.82) is 0 Å². The molecule has 0 spiro atoms. The zero-order chi connectivity index (χ0) is 20.6. The number of aromatic nitrogens is 3. The van der Waals surface area contributed by atoms with E-state index >= 15 is 0 Å². The summed E-state index contributed by atoms with van der Waals surface area (Å²) in [5.74, 6) is 1.60. The molecule has 1 aromatic carbocycles. The lowest BCUT2D eigenvalue weighted by atomic mass is 10.2. The van der Waals surface area contributed by atoms with E-state index in [0.717, 1.165) is 5.56 Å². The van der Waals surface area contributed by atoms with Crippen LogP contribution in [0.2, 0.25) is 0 Å². The second kappa shape index (κ2) is 9.69. The summed E-state index contributed by atoms with van der Waals surface area (Å²) >= 11 is 1.24. The first-order chi connectivity index (χ1) is 14.1. The summed E-state index contributed by atoms with van der Waals surface area (Å²) in [5.41, 5.74) is 1.50. The zero-order valence-electron chi connectivity index (χ0n) is 16.3. The average molecular weight is 415 g/mol. The van der Waals surface area contributed by atoms with Gasteiger partial charge < -0.3 is 19.5 Å². The lowest BCUT2D eigenvalue weighted by Crippen LogP contribution is -2.28. The highest BCUT2D eigenvalue weighted by Gasteiger charge is 2.15. The van der Waals surface area contributed by atoms with Crippen LogP contribution in [0.1, 0.15) is 12.5 Å². The van der Waals surface area contributed by atoms with Crippen molar-refractivity contribution in [3.05, 3.63) is 42.1 Å². The molecular formula is C19H21N5O4S. The number of benzene rings is 1. The van der Waals surface area contributed by atoms with Gasteiger partial charge in [0.05, 0.1) is 20.8 Å². The van der Waals surface area contributed by atoms with E-state index in [1.807, 2.05) is 25.1 Å². The van der Waals surface area contributed by atoms with E-state index < -0.39 is 6.03 Å². The summed E-state index contributed by atoms with van der Waals surface area (Å²) in [7, 11) is 3.10. The van der Waals surface area contributed by atoms with Crippen molar-refractivity contribution >= 4 is 22.5 Å². The Kier molecular flexibility index (Phi) is 6.80. The summed E-state index contributed by atoms with van der Waals surface area (Å²) in [4.78, 5) is 16.4. The van der Waals surface area contributed by atoms with Crippen LogP contribution >= 0.6 is 11.3 Å². The van der Waals surface area contributed by atoms with Crippen molar-refractivity contribution in [3.8, 4) is 28.0 Å². The van der Waals surface area contributed by atoms with Crippen molar-refractivity contribution in [3.63, 3.8) is 0 Å². The second-order valence-electron chi connectivity index (χ2n) is 5.70. The third-order valence-electron chi connectivity index (χ3n) is 3.79. The fraction of sp³-hybridized carbons (Fsp3) is 0.263. The first kappa shape index (κ1) is 20.3. The number of pyridine rings is 1. The van der Waals surface area contributed by atoms with Gasteiger partial charge >= 0.3 is 6.03 Å². The SMILES string of the molecule is CCOc1c(OC)cc(CNC(=O)Nc2nnc(-c3ccccn3)s2)cc1OC. The van der Waals surface area contributed by atoms with Crippen LogP contribution in [-0.2, 0) is 6.54 Å². The minimum absolute atomic E-state index is 0.261. The maximum Gasteiger partial charge on any atom is 0.321 e. The number of anilines is 1. The fourth-order valence-corrected chi connectivity index (χ4v) is 3.23. The van der Waals surface area contributed by atoms with E-state index in [2.05, 4.69) is 25.8 Å². The maximum absolute atomic E-state index is 12.2. The number of hydrogen-bond donors (Lipinski definition) is 2. The molecule has 0 fully saturated rings. The average Bonchev–Trinajstić information content (AvgIpc) is 3.22. The van der Waals surface area contributed by atoms with Crippen LogP contribution in [0.3, 0.4) is 0 Å². The summed E-state index contributed by atoms with van der Waals surface area (Å²) in [5, 5.41) is 14.5. The van der Waals surface area contributed by atoms with Gasteiger partial charge in [-0.25, -0.2) is 4.79 Å². The third-order valence-corrected chi connectivity index (χ3v) is 4.65. The minimum Gasteiger partial charge on any atom is -0.493 e. The predicted octanol–water partition coefficient (Wildman–Crippen LogP) is 3.34. The summed E-state index contributed by atoms with van der Waals surface area (Å²) in [6.07, 6.45) is 1.68. The number of rotatable bonds is 8. The Morgan fingerprint density at radius 2 is 1.90 bits per heavy atom. The molecule has 2 amide bonds. The monoisotopic (exact) mass is 415 g/mol. The van der Waals surface area contributed by atoms with Crippen molar-refractivity contribution in [2.45, 2.75) is 13.5 Å². The number of amides is 2. The van der Waals surface area contributed by atoms with Crippen LogP contribution in [-0.4, -0.2) is 42.0 Å². The number of hydrogen-bond acceptors (Lipinski definition) is 8. The van der Waals surface area contributed by atoms with Crippen LogP contribution < -0.4 is 24.8 Å². The molecule has 2 N–H and O–H groups in total. The molecule has 29 heavy (non-hydrogen) atoms. The van der Waals surface area contributed by atoms with Crippen molar-refractivity contribution in [2.24, 2.45) is 0 Å². The fourth-order valence-electron chi connectivity index (χ4n) is 2.51. The van der Waals surface area contributed by atoms with E-state index in [1.165, 1.54) is 11.3 Å². The Hall–Kier alpha value is -3.40. The Morgan fingerprint density at radius 3 is 2.52 bits per heavy atom. The largest absolute Gasteiger partial charge is 0.493 e. The van der Waals surface area contributed by atoms with Gasteiger partial charge in [-0.1, -0.05) is 17.4 Å². The number of carbonyl (C=O) groups excluding carboxylic acids is 1. The second-order valence-corrected chi connectivity index (χ2v) is 6.68. The Balaban J connectivity index is 1.63. The van der Waals surface area contributed by atoms with Gasteiger partial charge in [0.15, 0.2) is 16.5 Å². The molecule has 2 aromatic heterocycles. The number of carbonyl (C=O) groups is 1. The predicted molar refractivity (Wildman–Crippen MR) is 110 cm³/mol. The van der Waals surface area contributed by atoms with Gasteiger partial charge in [-0.3, -0.25) is 10.3 Å². The number of urea groups is 1. The molecule has 3 rings (SSSR count). The quantitative estimate of drug-likeness (QED) is 0.581. The highest BCUT2D eigenvalue weighted by Crippen LogP contribution is 2.38. The van der Waals surface area contributed by atoms with Crippen LogP contribution in [0.5, 0.6) is 17.2 Å². The number of methoxy groups -OCH3 is 2. The van der Waals surface area contributed by atoms with Crippen LogP contribution in [0, 0.1) is 0 Å². The molecule has 0 bridgehead atoms. The van der Waals surface area contributed by atoms with Crippen molar-refractivity contribution in [1.82, 2.24) is 20.5 Å². The van der Waals surface area contributed by atoms with E-state index in [1.54, 1.807) is 32.5 Å². The minimum atomic E-state index is -0.402. The Labute approximate surface area is 172 Å². The Morgan fingerprint density at radius 1 is 1.14 bits per heavy atom. The molecule has 152 valence electrons. The molecule has 0 radical (unpaired) electrons. The summed E-state index contributed by atoms with van der Waals surface area (Å²) < 4.78 is 16.3. The summed E-state index contributed by atoms with van der Waals surface area (Å²) in [6, 6.07) is 8.69. The molecular weight excluding hydrogens is 394 g/mol. The normalized spacial score (nSPS) is 10.3. The van der Waals surface area contributed by atoms with Gasteiger partial charge in [-0.2, -0.15) is 0 Å². The lowest BCUT2D eigenvalue weighted by molar-refractivity contribution is 0.251. The molecule has 0 unspecified atom stereocenters.